The number of pyridine rings is 1. The monoisotopic (exact) mass is 577 g/mol. The average molecular weight is 578 g/mol. The summed E-state index contributed by atoms with van der Waals surface area (Å²) < 4.78 is 72.2. The Balaban J connectivity index is 1.86. The minimum atomic E-state index is -5.00. The maximum atomic E-state index is 15.6. The molecule has 1 fully saturated rings. The number of aryl methyl sites for hydroxylation is 1. The van der Waals surface area contributed by atoms with Gasteiger partial charge in [-0.05, 0) is 50.7 Å². The van der Waals surface area contributed by atoms with E-state index in [2.05, 4.69) is 10.2 Å². The van der Waals surface area contributed by atoms with Crippen LogP contribution in [0.15, 0.2) is 47.4 Å². The van der Waals surface area contributed by atoms with E-state index in [1.807, 2.05) is 20.9 Å². The lowest BCUT2D eigenvalue weighted by Crippen LogP contribution is -2.55. The standard InChI is InChI=1S/C28H28F5N5O3/c1-14-11-38(12-15(2)37(14)4)24-10-22(30)18(16-5-6-17(26(34)40)21(29)7-16)8-23(24)35-27(41)19-13-36(3)25(39)9-20(19)28(31,32)33/h5-10,13-15H,11-12H2,1-4H3,(H2,34,40)(H,35,41). The van der Waals surface area contributed by atoms with Gasteiger partial charge in [0.15, 0.2) is 0 Å². The van der Waals surface area contributed by atoms with Crippen molar-refractivity contribution in [3.8, 4) is 11.1 Å². The van der Waals surface area contributed by atoms with Gasteiger partial charge in [-0.3, -0.25) is 19.3 Å². The summed E-state index contributed by atoms with van der Waals surface area (Å²) >= 11 is 0. The fourth-order valence-electron chi connectivity index (χ4n) is 4.86. The molecule has 3 aromatic rings. The third kappa shape index (κ3) is 5.94. The van der Waals surface area contributed by atoms with Crippen LogP contribution in [0.4, 0.5) is 33.3 Å². The van der Waals surface area contributed by atoms with Gasteiger partial charge < -0.3 is 20.5 Å². The molecule has 2 heterocycles. The summed E-state index contributed by atoms with van der Waals surface area (Å²) in [4.78, 5) is 40.6. The summed E-state index contributed by atoms with van der Waals surface area (Å²) in [6.45, 7) is 4.74. The molecule has 1 aliphatic heterocycles. The molecule has 1 saturated heterocycles. The van der Waals surface area contributed by atoms with Crippen LogP contribution in [0.5, 0.6) is 0 Å². The lowest BCUT2D eigenvalue weighted by molar-refractivity contribution is -0.138. The Morgan fingerprint density at radius 1 is 0.951 bits per heavy atom. The van der Waals surface area contributed by atoms with E-state index in [-0.39, 0.29) is 34.6 Å². The highest BCUT2D eigenvalue weighted by atomic mass is 19.4. The molecule has 4 rings (SSSR count). The van der Waals surface area contributed by atoms with Crippen molar-refractivity contribution in [2.45, 2.75) is 32.1 Å². The van der Waals surface area contributed by atoms with Crippen molar-refractivity contribution in [2.75, 3.05) is 30.4 Å². The maximum Gasteiger partial charge on any atom is 0.417 e. The van der Waals surface area contributed by atoms with Crippen LogP contribution in [0.3, 0.4) is 0 Å². The number of benzene rings is 2. The zero-order valence-corrected chi connectivity index (χ0v) is 22.6. The van der Waals surface area contributed by atoms with E-state index in [0.717, 1.165) is 29.0 Å². The second kappa shape index (κ2) is 11.0. The van der Waals surface area contributed by atoms with Crippen molar-refractivity contribution in [3.05, 3.63) is 81.3 Å². The van der Waals surface area contributed by atoms with E-state index in [1.165, 1.54) is 19.2 Å². The van der Waals surface area contributed by atoms with Crippen molar-refractivity contribution < 1.29 is 31.5 Å². The second-order valence-electron chi connectivity index (χ2n) is 10.2. The van der Waals surface area contributed by atoms with Crippen LogP contribution in [-0.4, -0.2) is 53.5 Å². The van der Waals surface area contributed by atoms with Gasteiger partial charge in [0.25, 0.3) is 17.4 Å². The Labute approximate surface area is 232 Å². The largest absolute Gasteiger partial charge is 0.417 e. The molecule has 2 atom stereocenters. The number of carbonyl (C=O) groups is 2. The first-order valence-electron chi connectivity index (χ1n) is 12.6. The van der Waals surface area contributed by atoms with Crippen molar-refractivity contribution >= 4 is 23.2 Å². The van der Waals surface area contributed by atoms with E-state index in [0.29, 0.717) is 19.2 Å². The van der Waals surface area contributed by atoms with Gasteiger partial charge in [0.1, 0.15) is 11.6 Å². The number of alkyl halides is 3. The third-order valence-corrected chi connectivity index (χ3v) is 7.36. The van der Waals surface area contributed by atoms with Gasteiger partial charge in [-0.1, -0.05) is 6.07 Å². The SMILES string of the molecule is CC1CN(c2cc(F)c(-c3ccc(C(N)=O)c(F)c3)cc2NC(=O)c2cn(C)c(=O)cc2C(F)(F)F)CC(C)N1C. The Bertz CT molecular complexity index is 1570. The molecule has 218 valence electrons. The molecular formula is C28H28F5N5O3. The Hall–Kier alpha value is -4.26. The minimum absolute atomic E-state index is 0.00486. The molecule has 1 aliphatic rings. The highest BCUT2D eigenvalue weighted by molar-refractivity contribution is 6.07. The van der Waals surface area contributed by atoms with E-state index < -0.39 is 51.9 Å². The molecule has 3 N–H and O–H groups in total. The highest BCUT2D eigenvalue weighted by Crippen LogP contribution is 2.37. The number of piperazine rings is 1. The van der Waals surface area contributed by atoms with Crippen molar-refractivity contribution in [1.82, 2.24) is 9.47 Å². The first kappa shape index (κ1) is 29.7. The molecule has 2 aromatic carbocycles. The summed E-state index contributed by atoms with van der Waals surface area (Å²) in [7, 11) is 3.14. The van der Waals surface area contributed by atoms with Gasteiger partial charge >= 0.3 is 6.18 Å². The molecular weight excluding hydrogens is 549 g/mol. The third-order valence-electron chi connectivity index (χ3n) is 7.36. The number of carbonyl (C=O) groups excluding carboxylic acids is 2. The number of amides is 2. The molecule has 0 bridgehead atoms. The Morgan fingerprint density at radius 3 is 2.15 bits per heavy atom. The first-order chi connectivity index (χ1) is 19.1. The summed E-state index contributed by atoms with van der Waals surface area (Å²) in [6.07, 6.45) is -4.22. The average Bonchev–Trinajstić information content (AvgIpc) is 2.88. The molecule has 1 aromatic heterocycles. The molecule has 0 radical (unpaired) electrons. The van der Waals surface area contributed by atoms with Crippen molar-refractivity contribution in [2.24, 2.45) is 12.8 Å². The molecule has 0 saturated carbocycles. The van der Waals surface area contributed by atoms with Crippen molar-refractivity contribution in [3.63, 3.8) is 0 Å². The lowest BCUT2D eigenvalue weighted by atomic mass is 9.99. The van der Waals surface area contributed by atoms with Crippen LogP contribution in [0.2, 0.25) is 0 Å². The molecule has 41 heavy (non-hydrogen) atoms. The summed E-state index contributed by atoms with van der Waals surface area (Å²) in [5.74, 6) is -3.99. The number of primary amides is 1. The number of hydrogen-bond donors (Lipinski definition) is 2. The van der Waals surface area contributed by atoms with E-state index in [4.69, 9.17) is 5.73 Å². The lowest BCUT2D eigenvalue weighted by Gasteiger charge is -2.44. The topological polar surface area (TPSA) is 101 Å². The number of anilines is 2. The zero-order valence-electron chi connectivity index (χ0n) is 22.6. The number of nitrogens with zero attached hydrogens (tertiary/aromatic N) is 3. The van der Waals surface area contributed by atoms with E-state index in [9.17, 15) is 31.9 Å². The fourth-order valence-corrected chi connectivity index (χ4v) is 4.86. The van der Waals surface area contributed by atoms with E-state index in [1.54, 1.807) is 4.90 Å². The first-order valence-corrected chi connectivity index (χ1v) is 12.6. The number of halogens is 5. The second-order valence-corrected chi connectivity index (χ2v) is 10.2. The smallest absolute Gasteiger partial charge is 0.367 e. The summed E-state index contributed by atoms with van der Waals surface area (Å²) in [5, 5.41) is 2.46. The van der Waals surface area contributed by atoms with Gasteiger partial charge in [-0.25, -0.2) is 8.78 Å². The number of likely N-dealkylation sites (N-methyl/N-ethyl adjacent to an activating group) is 1. The normalized spacial score (nSPS) is 17.9. The van der Waals surface area contributed by atoms with Gasteiger partial charge in [-0.15, -0.1) is 0 Å². The fraction of sp³-hybridized carbons (Fsp3) is 0.321. The molecule has 8 nitrogen and oxygen atoms in total. The van der Waals surface area contributed by atoms with Crippen LogP contribution in [0, 0.1) is 11.6 Å². The van der Waals surface area contributed by atoms with Crippen LogP contribution < -0.4 is 21.5 Å². The maximum absolute atomic E-state index is 15.6. The highest BCUT2D eigenvalue weighted by Gasteiger charge is 2.37. The van der Waals surface area contributed by atoms with Crippen LogP contribution in [-0.2, 0) is 13.2 Å². The predicted molar refractivity (Wildman–Crippen MR) is 144 cm³/mol. The molecule has 0 aliphatic carbocycles. The molecule has 2 unspecified atom stereocenters. The van der Waals surface area contributed by atoms with Crippen molar-refractivity contribution in [1.29, 1.82) is 0 Å². The van der Waals surface area contributed by atoms with Crippen LogP contribution in [0.25, 0.3) is 11.1 Å². The van der Waals surface area contributed by atoms with Gasteiger partial charge in [0, 0.05) is 50.0 Å². The number of nitrogens with one attached hydrogen (secondary N) is 1. The van der Waals surface area contributed by atoms with Gasteiger partial charge in [0.05, 0.1) is 28.1 Å². The number of hydrogen-bond acceptors (Lipinski definition) is 5. The number of rotatable bonds is 5. The van der Waals surface area contributed by atoms with E-state index >= 15 is 4.39 Å². The quantitative estimate of drug-likeness (QED) is 0.443. The minimum Gasteiger partial charge on any atom is -0.367 e. The van der Waals surface area contributed by atoms with Crippen LogP contribution in [0.1, 0.15) is 40.1 Å². The van der Waals surface area contributed by atoms with Gasteiger partial charge in [-0.2, -0.15) is 13.2 Å². The molecule has 2 amide bonds. The van der Waals surface area contributed by atoms with Gasteiger partial charge in [0.2, 0.25) is 0 Å². The molecule has 0 spiro atoms. The molecule has 13 heteroatoms. The predicted octanol–water partition coefficient (Wildman–Crippen LogP) is 4.23. The number of aromatic nitrogens is 1. The zero-order chi connectivity index (χ0) is 30.4. The summed E-state index contributed by atoms with van der Waals surface area (Å²) in [5.41, 5.74) is 1.56. The van der Waals surface area contributed by atoms with Crippen LogP contribution >= 0.6 is 0 Å². The number of nitrogens with two attached hydrogens (primary N) is 1. The Morgan fingerprint density at radius 2 is 1.59 bits per heavy atom. The summed E-state index contributed by atoms with van der Waals surface area (Å²) in [6, 6.07) is 5.94. The Kier molecular flexibility index (Phi) is 7.94.